The number of hydrogen-bond acceptors (Lipinski definition) is 4. The Bertz CT molecular complexity index is 800. The average molecular weight is 419 g/mol. The van der Waals surface area contributed by atoms with Gasteiger partial charge in [-0.25, -0.2) is 0 Å². The van der Waals surface area contributed by atoms with Gasteiger partial charge in [0.2, 0.25) is 11.8 Å². The highest BCUT2D eigenvalue weighted by molar-refractivity contribution is 6.31. The SMILES string of the molecule is CC=N/C(C)=C\C(C)C(=O)Nc1cc(Cl)cc(NC(=O)CCCCN)c1/C=C/C. The number of benzene rings is 1. The van der Waals surface area contributed by atoms with Crippen molar-refractivity contribution in [3.63, 3.8) is 0 Å². The van der Waals surface area contributed by atoms with Crippen molar-refractivity contribution in [2.24, 2.45) is 16.6 Å². The van der Waals surface area contributed by atoms with Crippen molar-refractivity contribution in [1.82, 2.24) is 0 Å². The Morgan fingerprint density at radius 2 is 1.86 bits per heavy atom. The zero-order valence-corrected chi connectivity index (χ0v) is 18.3. The summed E-state index contributed by atoms with van der Waals surface area (Å²) < 4.78 is 0. The number of nitrogens with one attached hydrogen (secondary N) is 2. The monoisotopic (exact) mass is 418 g/mol. The quantitative estimate of drug-likeness (QED) is 0.368. The number of anilines is 2. The Morgan fingerprint density at radius 1 is 1.21 bits per heavy atom. The van der Waals surface area contributed by atoms with Crippen LogP contribution in [0.15, 0.2) is 35.0 Å². The maximum absolute atomic E-state index is 12.7. The fourth-order valence-corrected chi connectivity index (χ4v) is 2.96. The minimum absolute atomic E-state index is 0.118. The molecule has 0 aliphatic rings. The van der Waals surface area contributed by atoms with Gasteiger partial charge in [0.05, 0.1) is 17.3 Å². The number of nitrogens with two attached hydrogens (primary N) is 1. The summed E-state index contributed by atoms with van der Waals surface area (Å²) in [6, 6.07) is 3.35. The number of hydrogen-bond donors (Lipinski definition) is 3. The maximum Gasteiger partial charge on any atom is 0.231 e. The van der Waals surface area contributed by atoms with Crippen molar-refractivity contribution in [2.45, 2.75) is 47.0 Å². The molecule has 0 bridgehead atoms. The first kappa shape index (κ1) is 24.6. The summed E-state index contributed by atoms with van der Waals surface area (Å²) in [6.07, 6.45) is 9.02. The van der Waals surface area contributed by atoms with Crippen LogP contribution in [0.3, 0.4) is 0 Å². The van der Waals surface area contributed by atoms with Crippen LogP contribution in [0.25, 0.3) is 6.08 Å². The van der Waals surface area contributed by atoms with Crippen molar-refractivity contribution >= 4 is 47.1 Å². The third-order valence-corrected chi connectivity index (χ3v) is 4.32. The van der Waals surface area contributed by atoms with E-state index < -0.39 is 0 Å². The average Bonchev–Trinajstić information content (AvgIpc) is 2.64. The second-order valence-electron chi connectivity index (χ2n) is 6.68. The van der Waals surface area contributed by atoms with Gasteiger partial charge in [-0.1, -0.05) is 36.8 Å². The zero-order chi connectivity index (χ0) is 21.8. The molecule has 0 saturated carbocycles. The Kier molecular flexibility index (Phi) is 10.9. The van der Waals surface area contributed by atoms with E-state index in [2.05, 4.69) is 15.6 Å². The van der Waals surface area contributed by atoms with Crippen molar-refractivity contribution in [2.75, 3.05) is 17.2 Å². The molecule has 0 aromatic heterocycles. The highest BCUT2D eigenvalue weighted by Crippen LogP contribution is 2.31. The third-order valence-electron chi connectivity index (χ3n) is 4.11. The highest BCUT2D eigenvalue weighted by Gasteiger charge is 2.16. The van der Waals surface area contributed by atoms with Crippen LogP contribution in [0.2, 0.25) is 5.02 Å². The summed E-state index contributed by atoms with van der Waals surface area (Å²) in [5.74, 6) is -0.692. The molecule has 0 aliphatic heterocycles. The molecular formula is C22H31ClN4O2. The molecule has 0 heterocycles. The molecule has 1 rings (SSSR count). The summed E-state index contributed by atoms with van der Waals surface area (Å²) in [5, 5.41) is 6.22. The van der Waals surface area contributed by atoms with Crippen molar-refractivity contribution in [3.8, 4) is 0 Å². The Morgan fingerprint density at radius 3 is 2.45 bits per heavy atom. The van der Waals surface area contributed by atoms with Gasteiger partial charge in [-0.05, 0) is 52.3 Å². The molecule has 158 valence electrons. The molecule has 4 N–H and O–H groups in total. The largest absolute Gasteiger partial charge is 0.330 e. The topological polar surface area (TPSA) is 96.6 Å². The molecule has 1 aromatic carbocycles. The molecule has 1 aromatic rings. The molecule has 2 amide bonds. The molecule has 0 radical (unpaired) electrons. The second-order valence-corrected chi connectivity index (χ2v) is 7.12. The van der Waals surface area contributed by atoms with Gasteiger partial charge in [0, 0.05) is 28.9 Å². The highest BCUT2D eigenvalue weighted by atomic mass is 35.5. The Hall–Kier alpha value is -2.44. The van der Waals surface area contributed by atoms with Gasteiger partial charge in [-0.2, -0.15) is 0 Å². The second kappa shape index (κ2) is 12.9. The van der Waals surface area contributed by atoms with Crippen LogP contribution in [0.1, 0.15) is 52.5 Å². The van der Waals surface area contributed by atoms with E-state index in [9.17, 15) is 9.59 Å². The van der Waals surface area contributed by atoms with Crippen LogP contribution >= 0.6 is 11.6 Å². The minimum atomic E-state index is -0.384. The van der Waals surface area contributed by atoms with Gasteiger partial charge < -0.3 is 16.4 Å². The van der Waals surface area contributed by atoms with E-state index in [1.165, 1.54) is 0 Å². The fourth-order valence-electron chi connectivity index (χ4n) is 2.74. The normalized spacial score (nSPS) is 13.1. The lowest BCUT2D eigenvalue weighted by atomic mass is 10.1. The Labute approximate surface area is 178 Å². The minimum Gasteiger partial charge on any atom is -0.330 e. The standard InChI is InChI=1S/C22H31ClN4O2/c1-5-9-18-19(26-21(28)10-7-8-11-24)13-17(23)14-20(18)27-22(29)15(3)12-16(4)25-6-2/h5-6,9,12-15H,7-8,10-11,24H2,1-4H3,(H,26,28)(H,27,29)/b9-5+,16-12-,25-6?. The lowest BCUT2D eigenvalue weighted by Crippen LogP contribution is -2.20. The van der Waals surface area contributed by atoms with Gasteiger partial charge in [0.25, 0.3) is 0 Å². The first-order chi connectivity index (χ1) is 13.8. The third kappa shape index (κ3) is 8.62. The maximum atomic E-state index is 12.7. The number of allylic oxidation sites excluding steroid dienone is 2. The number of rotatable bonds is 10. The number of halogens is 1. The van der Waals surface area contributed by atoms with E-state index in [0.29, 0.717) is 34.9 Å². The van der Waals surface area contributed by atoms with Gasteiger partial charge >= 0.3 is 0 Å². The van der Waals surface area contributed by atoms with Crippen LogP contribution in [0, 0.1) is 5.92 Å². The van der Waals surface area contributed by atoms with Crippen LogP contribution in [0.4, 0.5) is 11.4 Å². The van der Waals surface area contributed by atoms with E-state index in [0.717, 1.165) is 18.5 Å². The van der Waals surface area contributed by atoms with Gasteiger partial charge in [0.1, 0.15) is 0 Å². The van der Waals surface area contributed by atoms with Crippen molar-refractivity contribution < 1.29 is 9.59 Å². The molecule has 6 nitrogen and oxygen atoms in total. The van der Waals surface area contributed by atoms with Crippen LogP contribution in [0.5, 0.6) is 0 Å². The molecule has 0 aliphatic carbocycles. The van der Waals surface area contributed by atoms with Crippen molar-refractivity contribution in [3.05, 3.63) is 40.6 Å². The van der Waals surface area contributed by atoms with Crippen LogP contribution in [-0.4, -0.2) is 24.6 Å². The summed E-state index contributed by atoms with van der Waals surface area (Å²) in [4.78, 5) is 29.1. The molecule has 0 saturated heterocycles. The number of carbonyl (C=O) groups excluding carboxylic acids is 2. The molecule has 29 heavy (non-hydrogen) atoms. The molecule has 1 unspecified atom stereocenters. The summed E-state index contributed by atoms with van der Waals surface area (Å²) >= 11 is 6.25. The number of amides is 2. The summed E-state index contributed by atoms with van der Waals surface area (Å²) in [5.41, 5.74) is 8.02. The number of carbonyl (C=O) groups is 2. The smallest absolute Gasteiger partial charge is 0.231 e. The molecule has 7 heteroatoms. The number of unbranched alkanes of at least 4 members (excludes halogenated alkanes) is 1. The number of aliphatic imine (C=N–C) groups is 1. The molecular weight excluding hydrogens is 388 g/mol. The fraction of sp³-hybridized carbons (Fsp3) is 0.409. The first-order valence-corrected chi connectivity index (χ1v) is 10.1. The lowest BCUT2D eigenvalue weighted by Gasteiger charge is -2.16. The molecule has 0 fully saturated rings. The first-order valence-electron chi connectivity index (χ1n) is 9.76. The van der Waals surface area contributed by atoms with Gasteiger partial charge in [-0.15, -0.1) is 0 Å². The van der Waals surface area contributed by atoms with E-state index >= 15 is 0 Å². The Balaban J connectivity index is 3.11. The molecule has 0 spiro atoms. The summed E-state index contributed by atoms with van der Waals surface area (Å²) in [7, 11) is 0. The molecule has 1 atom stereocenters. The summed E-state index contributed by atoms with van der Waals surface area (Å²) in [6.45, 7) is 7.88. The predicted octanol–water partition coefficient (Wildman–Crippen LogP) is 5.01. The lowest BCUT2D eigenvalue weighted by molar-refractivity contribution is -0.118. The van der Waals surface area contributed by atoms with E-state index in [1.807, 2.05) is 32.9 Å². The predicted molar refractivity (Wildman–Crippen MR) is 123 cm³/mol. The van der Waals surface area contributed by atoms with E-state index in [-0.39, 0.29) is 17.7 Å². The van der Waals surface area contributed by atoms with Crippen molar-refractivity contribution in [1.29, 1.82) is 0 Å². The zero-order valence-electron chi connectivity index (χ0n) is 17.6. The van der Waals surface area contributed by atoms with Gasteiger partial charge in [0.15, 0.2) is 0 Å². The van der Waals surface area contributed by atoms with E-state index in [4.69, 9.17) is 17.3 Å². The van der Waals surface area contributed by atoms with Crippen LogP contribution < -0.4 is 16.4 Å². The van der Waals surface area contributed by atoms with Gasteiger partial charge in [-0.3, -0.25) is 14.6 Å². The van der Waals surface area contributed by atoms with E-state index in [1.54, 1.807) is 31.3 Å². The number of nitrogens with zero attached hydrogens (tertiary/aromatic N) is 1. The van der Waals surface area contributed by atoms with Crippen LogP contribution in [-0.2, 0) is 9.59 Å².